The van der Waals surface area contributed by atoms with Crippen molar-refractivity contribution in [1.82, 2.24) is 25.1 Å². The summed E-state index contributed by atoms with van der Waals surface area (Å²) < 4.78 is 37.7. The molecule has 0 aromatic carbocycles. The predicted molar refractivity (Wildman–Crippen MR) is 69.6 cm³/mol. The lowest BCUT2D eigenvalue weighted by molar-refractivity contribution is -0.144. The van der Waals surface area contributed by atoms with Gasteiger partial charge in [0.1, 0.15) is 6.54 Å². The Morgan fingerprint density at radius 3 is 2.90 bits per heavy atom. The normalized spacial score (nSPS) is 19.8. The topological polar surface area (TPSA) is 63.9 Å². The van der Waals surface area contributed by atoms with E-state index in [0.717, 1.165) is 24.6 Å². The molecule has 1 unspecified atom stereocenters. The molecule has 1 aromatic heterocycles. The summed E-state index contributed by atoms with van der Waals surface area (Å²) in [7, 11) is 0. The van der Waals surface area contributed by atoms with Crippen LogP contribution in [0.2, 0.25) is 0 Å². The minimum atomic E-state index is -4.39. The van der Waals surface area contributed by atoms with Crippen molar-refractivity contribution in [2.45, 2.75) is 37.6 Å². The average Bonchev–Trinajstić information content (AvgIpc) is 2.81. The first-order valence-corrected chi connectivity index (χ1v) is 7.57. The maximum Gasteiger partial charge on any atom is 0.408 e. The molecule has 0 spiro atoms. The van der Waals surface area contributed by atoms with Crippen molar-refractivity contribution >= 4 is 17.7 Å². The molecule has 0 saturated carbocycles. The third-order valence-electron chi connectivity index (χ3n) is 3.16. The van der Waals surface area contributed by atoms with Gasteiger partial charge in [-0.2, -0.15) is 13.2 Å². The number of rotatable bonds is 4. The maximum absolute atomic E-state index is 12.3. The summed E-state index contributed by atoms with van der Waals surface area (Å²) in [4.78, 5) is 13.8. The number of halogens is 3. The van der Waals surface area contributed by atoms with E-state index >= 15 is 0 Å². The lowest BCUT2D eigenvalue weighted by Crippen LogP contribution is -2.40. The SMILES string of the molecule is CC1CCCN(C(=O)CSc2nnnn2CC(F)(F)F)C1. The van der Waals surface area contributed by atoms with E-state index in [1.165, 1.54) is 0 Å². The summed E-state index contributed by atoms with van der Waals surface area (Å²) in [6.07, 6.45) is -2.33. The van der Waals surface area contributed by atoms with Gasteiger partial charge in [-0.15, -0.1) is 5.10 Å². The molecule has 6 nitrogen and oxygen atoms in total. The van der Waals surface area contributed by atoms with E-state index < -0.39 is 12.7 Å². The average molecular weight is 323 g/mol. The van der Waals surface area contributed by atoms with Gasteiger partial charge in [-0.1, -0.05) is 18.7 Å². The third kappa shape index (κ3) is 4.87. The van der Waals surface area contributed by atoms with Crippen molar-refractivity contribution in [1.29, 1.82) is 0 Å². The van der Waals surface area contributed by atoms with Gasteiger partial charge in [-0.05, 0) is 29.2 Å². The largest absolute Gasteiger partial charge is 0.408 e. The molecule has 1 fully saturated rings. The zero-order chi connectivity index (χ0) is 15.5. The second-order valence-electron chi connectivity index (χ2n) is 5.11. The fourth-order valence-corrected chi connectivity index (χ4v) is 2.98. The van der Waals surface area contributed by atoms with Crippen LogP contribution in [0.15, 0.2) is 5.16 Å². The van der Waals surface area contributed by atoms with E-state index in [-0.39, 0.29) is 16.8 Å². The molecule has 118 valence electrons. The van der Waals surface area contributed by atoms with Crippen LogP contribution in [0.25, 0.3) is 0 Å². The second kappa shape index (κ2) is 6.63. The van der Waals surface area contributed by atoms with Gasteiger partial charge in [-0.3, -0.25) is 4.79 Å². The number of alkyl halides is 3. The standard InChI is InChI=1S/C11H16F3N5OS/c1-8-3-2-4-18(5-8)9(20)6-21-10-15-16-17-19(10)7-11(12,13)14/h8H,2-7H2,1H3. The second-order valence-corrected chi connectivity index (χ2v) is 6.05. The van der Waals surface area contributed by atoms with Gasteiger partial charge in [0.25, 0.3) is 0 Å². The first kappa shape index (κ1) is 16.1. The van der Waals surface area contributed by atoms with Crippen molar-refractivity contribution < 1.29 is 18.0 Å². The zero-order valence-electron chi connectivity index (χ0n) is 11.5. The highest BCUT2D eigenvalue weighted by Crippen LogP contribution is 2.22. The van der Waals surface area contributed by atoms with E-state index in [9.17, 15) is 18.0 Å². The summed E-state index contributed by atoms with van der Waals surface area (Å²) in [5, 5.41) is 10.1. The van der Waals surface area contributed by atoms with Crippen molar-refractivity contribution in [2.75, 3.05) is 18.8 Å². The monoisotopic (exact) mass is 323 g/mol. The first-order chi connectivity index (χ1) is 9.85. The summed E-state index contributed by atoms with van der Waals surface area (Å²) in [5.74, 6) is 0.418. The Bertz CT molecular complexity index is 492. The number of aromatic nitrogens is 4. The van der Waals surface area contributed by atoms with Gasteiger partial charge < -0.3 is 4.90 Å². The van der Waals surface area contributed by atoms with E-state index in [4.69, 9.17) is 0 Å². The molecule has 0 aliphatic carbocycles. The highest BCUT2D eigenvalue weighted by molar-refractivity contribution is 7.99. The number of nitrogens with zero attached hydrogens (tertiary/aromatic N) is 5. The first-order valence-electron chi connectivity index (χ1n) is 6.58. The summed E-state index contributed by atoms with van der Waals surface area (Å²) in [6, 6.07) is 0. The van der Waals surface area contributed by atoms with E-state index in [1.54, 1.807) is 4.90 Å². The summed E-state index contributed by atoms with van der Waals surface area (Å²) in [5.41, 5.74) is 0. The summed E-state index contributed by atoms with van der Waals surface area (Å²) >= 11 is 0.933. The Balaban J connectivity index is 1.88. The number of carbonyl (C=O) groups is 1. The zero-order valence-corrected chi connectivity index (χ0v) is 12.3. The minimum absolute atomic E-state index is 0.00531. The van der Waals surface area contributed by atoms with Crippen molar-refractivity contribution in [3.05, 3.63) is 0 Å². The molecule has 0 bridgehead atoms. The number of tetrazole rings is 1. The van der Waals surface area contributed by atoms with E-state index in [1.807, 2.05) is 0 Å². The van der Waals surface area contributed by atoms with Gasteiger partial charge in [0.2, 0.25) is 11.1 Å². The van der Waals surface area contributed by atoms with Gasteiger partial charge in [-0.25, -0.2) is 4.68 Å². The highest BCUT2D eigenvalue weighted by Gasteiger charge is 2.30. The molecule has 0 N–H and O–H groups in total. The number of amides is 1. The summed E-state index contributed by atoms with van der Waals surface area (Å²) in [6.45, 7) is 2.23. The number of thioether (sulfide) groups is 1. The Morgan fingerprint density at radius 2 is 2.24 bits per heavy atom. The maximum atomic E-state index is 12.3. The molecule has 1 saturated heterocycles. The van der Waals surface area contributed by atoms with Crippen LogP contribution in [-0.4, -0.2) is 56.0 Å². The van der Waals surface area contributed by atoms with Gasteiger partial charge in [0, 0.05) is 13.1 Å². The van der Waals surface area contributed by atoms with Crippen LogP contribution in [0.4, 0.5) is 13.2 Å². The molecule has 0 radical (unpaired) electrons. The number of likely N-dealkylation sites (tertiary alicyclic amines) is 1. The fourth-order valence-electron chi connectivity index (χ4n) is 2.20. The molecule has 2 heterocycles. The van der Waals surface area contributed by atoms with Crippen molar-refractivity contribution in [3.63, 3.8) is 0 Å². The van der Waals surface area contributed by atoms with E-state index in [0.29, 0.717) is 23.7 Å². The number of hydrogen-bond donors (Lipinski definition) is 0. The molecule has 1 aromatic rings. The smallest absolute Gasteiger partial charge is 0.342 e. The third-order valence-corrected chi connectivity index (χ3v) is 4.10. The lowest BCUT2D eigenvalue weighted by atomic mass is 10.0. The van der Waals surface area contributed by atoms with Gasteiger partial charge in [0.15, 0.2) is 0 Å². The van der Waals surface area contributed by atoms with Crippen molar-refractivity contribution in [2.24, 2.45) is 5.92 Å². The Morgan fingerprint density at radius 1 is 1.48 bits per heavy atom. The molecule has 1 aliphatic rings. The van der Waals surface area contributed by atoms with Crippen LogP contribution in [-0.2, 0) is 11.3 Å². The van der Waals surface area contributed by atoms with Gasteiger partial charge >= 0.3 is 6.18 Å². The predicted octanol–water partition coefficient (Wildman–Crippen LogP) is 1.59. The number of carbonyl (C=O) groups excluding carboxylic acids is 1. The number of piperidine rings is 1. The van der Waals surface area contributed by atoms with Gasteiger partial charge in [0.05, 0.1) is 5.75 Å². The van der Waals surface area contributed by atoms with E-state index in [2.05, 4.69) is 22.4 Å². The lowest BCUT2D eigenvalue weighted by Gasteiger charge is -2.30. The van der Waals surface area contributed by atoms with Crippen LogP contribution in [0.3, 0.4) is 0 Å². The molecular formula is C11H16F3N5OS. The van der Waals surface area contributed by atoms with Crippen LogP contribution in [0, 0.1) is 5.92 Å². The minimum Gasteiger partial charge on any atom is -0.342 e. The fraction of sp³-hybridized carbons (Fsp3) is 0.818. The number of hydrogen-bond acceptors (Lipinski definition) is 5. The van der Waals surface area contributed by atoms with Crippen LogP contribution in [0.1, 0.15) is 19.8 Å². The molecule has 21 heavy (non-hydrogen) atoms. The quantitative estimate of drug-likeness (QED) is 0.787. The Hall–Kier alpha value is -1.32. The van der Waals surface area contributed by atoms with Crippen LogP contribution < -0.4 is 0 Å². The molecule has 2 rings (SSSR count). The molecule has 1 atom stereocenters. The Labute approximate surface area is 124 Å². The molecular weight excluding hydrogens is 307 g/mol. The molecule has 1 amide bonds. The molecule has 10 heteroatoms. The molecule has 1 aliphatic heterocycles. The van der Waals surface area contributed by atoms with Crippen LogP contribution >= 0.6 is 11.8 Å². The van der Waals surface area contributed by atoms with Crippen LogP contribution in [0.5, 0.6) is 0 Å². The Kier molecular flexibility index (Phi) is 5.07. The highest BCUT2D eigenvalue weighted by atomic mass is 32.2. The van der Waals surface area contributed by atoms with Crippen molar-refractivity contribution in [3.8, 4) is 0 Å².